The molecule has 0 saturated carbocycles. The molecule has 8 nitrogen and oxygen atoms in total. The van der Waals surface area contributed by atoms with Crippen LogP contribution in [-0.4, -0.2) is 40.5 Å². The van der Waals surface area contributed by atoms with Crippen LogP contribution in [0.25, 0.3) is 0 Å². The van der Waals surface area contributed by atoms with Crippen LogP contribution >= 0.6 is 0 Å². The lowest BCUT2D eigenvalue weighted by Crippen LogP contribution is -2.40. The van der Waals surface area contributed by atoms with Crippen LogP contribution in [0.4, 0.5) is 13.2 Å². The molecule has 4 rings (SSSR count). The minimum absolute atomic E-state index is 0.0689. The molecule has 3 aromatic rings. The number of rotatable bonds is 6. The van der Waals surface area contributed by atoms with Crippen molar-refractivity contribution < 1.29 is 27.5 Å². The van der Waals surface area contributed by atoms with Gasteiger partial charge >= 0.3 is 0 Å². The molecule has 0 unspecified atom stereocenters. The van der Waals surface area contributed by atoms with E-state index in [4.69, 9.17) is 4.74 Å². The summed E-state index contributed by atoms with van der Waals surface area (Å²) >= 11 is 0. The van der Waals surface area contributed by atoms with Crippen LogP contribution in [0.1, 0.15) is 45.8 Å². The van der Waals surface area contributed by atoms with Crippen LogP contribution in [0.2, 0.25) is 0 Å². The van der Waals surface area contributed by atoms with Gasteiger partial charge in [0, 0.05) is 43.5 Å². The zero-order valence-electron chi connectivity index (χ0n) is 21.5. The lowest BCUT2D eigenvalue weighted by molar-refractivity contribution is 0.0752. The molecule has 39 heavy (non-hydrogen) atoms. The maximum absolute atomic E-state index is 14.1. The van der Waals surface area contributed by atoms with Crippen LogP contribution in [0, 0.1) is 17.5 Å². The highest BCUT2D eigenvalue weighted by Crippen LogP contribution is 2.21. The molecule has 1 aromatic heterocycles. The van der Waals surface area contributed by atoms with Gasteiger partial charge in [-0.05, 0) is 19.4 Å². The second-order valence-electron chi connectivity index (χ2n) is 9.18. The monoisotopic (exact) mass is 540 g/mol. The number of nitrogens with one attached hydrogen (secondary N) is 2. The molecule has 2 amide bonds. The molecular weight excluding hydrogens is 513 g/mol. The molecule has 0 fully saturated rings. The van der Waals surface area contributed by atoms with Gasteiger partial charge < -0.3 is 20.4 Å². The third kappa shape index (κ3) is 5.97. The number of nitrogens with zero attached hydrogens (tertiary/aromatic N) is 2. The molecule has 2 heterocycles. The van der Waals surface area contributed by atoms with Gasteiger partial charge in [-0.3, -0.25) is 19.1 Å². The molecule has 204 valence electrons. The molecule has 0 bridgehead atoms. The molecule has 2 N–H and O–H groups in total. The Labute approximate surface area is 222 Å². The Morgan fingerprint density at radius 1 is 1.05 bits per heavy atom. The number of hydrogen-bond donors (Lipinski definition) is 2. The Balaban J connectivity index is 1.77. The van der Waals surface area contributed by atoms with Crippen molar-refractivity contribution in [3.8, 4) is 5.75 Å². The SMILES string of the molecule is C[C@H]1/C=C\[C@H](C)N(C)C(=O)c2c(OCc3ccccc3)c(=O)c(C(=O)NCc3c(F)cc(F)cc3F)cn2N1. The second-order valence-corrected chi connectivity index (χ2v) is 9.18. The second kappa shape index (κ2) is 11.5. The highest BCUT2D eigenvalue weighted by atomic mass is 19.1. The summed E-state index contributed by atoms with van der Waals surface area (Å²) in [5, 5.41) is 2.30. The number of hydrogen-bond acceptors (Lipinski definition) is 5. The highest BCUT2D eigenvalue weighted by Gasteiger charge is 2.30. The molecular formula is C28H27F3N4O4. The molecule has 0 radical (unpaired) electrons. The zero-order valence-corrected chi connectivity index (χ0v) is 21.5. The van der Waals surface area contributed by atoms with Gasteiger partial charge in [0.15, 0.2) is 11.4 Å². The number of carbonyl (C=O) groups is 2. The largest absolute Gasteiger partial charge is 0.482 e. The fourth-order valence-corrected chi connectivity index (χ4v) is 3.99. The fourth-order valence-electron chi connectivity index (χ4n) is 3.99. The summed E-state index contributed by atoms with van der Waals surface area (Å²) in [6, 6.07) is 9.27. The van der Waals surface area contributed by atoms with Crippen LogP contribution in [-0.2, 0) is 13.2 Å². The quantitative estimate of drug-likeness (QED) is 0.465. The standard InChI is InChI=1S/C28H27F3N4O4/c1-16-9-10-17(2)34(3)28(38)24-26(39-15-18-7-5-4-6-8-18)25(36)21(14-35(24)33-16)27(37)32-13-20-22(30)11-19(29)12-23(20)31/h4-12,14,16-17,33H,13,15H2,1-3H3,(H,32,37)/b10-9-/t16-,17-/m0/s1. The van der Waals surface area contributed by atoms with Crippen molar-refractivity contribution in [2.24, 2.45) is 0 Å². The van der Waals surface area contributed by atoms with Crippen molar-refractivity contribution in [2.45, 2.75) is 39.1 Å². The molecule has 0 saturated heterocycles. The van der Waals surface area contributed by atoms with Crippen LogP contribution in [0.3, 0.4) is 0 Å². The van der Waals surface area contributed by atoms with Gasteiger partial charge in [-0.15, -0.1) is 0 Å². The van der Waals surface area contributed by atoms with Gasteiger partial charge in [0.05, 0.1) is 6.04 Å². The lowest BCUT2D eigenvalue weighted by atomic mass is 10.1. The van der Waals surface area contributed by atoms with E-state index in [1.165, 1.54) is 9.58 Å². The number of pyridine rings is 1. The third-order valence-electron chi connectivity index (χ3n) is 6.32. The van der Waals surface area contributed by atoms with Crippen LogP contribution in [0.5, 0.6) is 5.75 Å². The highest BCUT2D eigenvalue weighted by molar-refractivity contribution is 5.99. The van der Waals surface area contributed by atoms with Gasteiger partial charge in [0.25, 0.3) is 11.8 Å². The molecule has 1 aliphatic heterocycles. The maximum Gasteiger partial charge on any atom is 0.276 e. The zero-order chi connectivity index (χ0) is 28.3. The van der Waals surface area contributed by atoms with Crippen molar-refractivity contribution in [2.75, 3.05) is 12.5 Å². The van der Waals surface area contributed by atoms with Gasteiger partial charge in [-0.25, -0.2) is 13.2 Å². The van der Waals surface area contributed by atoms with Gasteiger partial charge in [0.2, 0.25) is 5.43 Å². The number of fused-ring (bicyclic) bond motifs is 1. The van der Waals surface area contributed by atoms with Crippen molar-refractivity contribution in [3.05, 3.63) is 111 Å². The summed E-state index contributed by atoms with van der Waals surface area (Å²) in [7, 11) is 1.58. The van der Waals surface area contributed by atoms with E-state index in [1.54, 1.807) is 31.3 Å². The first-order chi connectivity index (χ1) is 18.6. The van der Waals surface area contributed by atoms with E-state index in [9.17, 15) is 27.6 Å². The normalized spacial score (nSPS) is 17.8. The number of aromatic nitrogens is 1. The fraction of sp³-hybridized carbons (Fsp3) is 0.250. The summed E-state index contributed by atoms with van der Waals surface area (Å²) in [5.74, 6) is -5.34. The molecule has 11 heteroatoms. The van der Waals surface area contributed by atoms with Gasteiger partial charge in [-0.1, -0.05) is 42.5 Å². The Hall–Kier alpha value is -4.54. The first-order valence-electron chi connectivity index (χ1n) is 12.2. The summed E-state index contributed by atoms with van der Waals surface area (Å²) in [5.41, 5.74) is 1.76. The van der Waals surface area contributed by atoms with E-state index in [2.05, 4.69) is 10.7 Å². The number of halogens is 3. The predicted molar refractivity (Wildman–Crippen MR) is 138 cm³/mol. The Bertz CT molecular complexity index is 1470. The number of benzene rings is 2. The van der Waals surface area contributed by atoms with Gasteiger partial charge in [0.1, 0.15) is 29.6 Å². The molecule has 2 aromatic carbocycles. The summed E-state index contributed by atoms with van der Waals surface area (Å²) < 4.78 is 48.6. The molecule has 1 aliphatic rings. The first-order valence-corrected chi connectivity index (χ1v) is 12.2. The maximum atomic E-state index is 14.1. The minimum atomic E-state index is -1.18. The van der Waals surface area contributed by atoms with Crippen molar-refractivity contribution in [3.63, 3.8) is 0 Å². The lowest BCUT2D eigenvalue weighted by Gasteiger charge is -2.25. The average Bonchev–Trinajstić information content (AvgIpc) is 2.93. The minimum Gasteiger partial charge on any atom is -0.482 e. The van der Waals surface area contributed by atoms with Crippen LogP contribution < -0.4 is 20.9 Å². The smallest absolute Gasteiger partial charge is 0.276 e. The van der Waals surface area contributed by atoms with Crippen molar-refractivity contribution in [1.82, 2.24) is 14.9 Å². The Morgan fingerprint density at radius 2 is 1.72 bits per heavy atom. The van der Waals surface area contributed by atoms with E-state index in [0.29, 0.717) is 17.7 Å². The van der Waals surface area contributed by atoms with E-state index in [1.807, 2.05) is 32.1 Å². The predicted octanol–water partition coefficient (Wildman–Crippen LogP) is 3.74. The third-order valence-corrected chi connectivity index (χ3v) is 6.32. The summed E-state index contributed by atoms with van der Waals surface area (Å²) in [6.45, 7) is 2.91. The number of amides is 2. The summed E-state index contributed by atoms with van der Waals surface area (Å²) in [6.07, 6.45) is 4.79. The number of ether oxygens (including phenoxy) is 1. The van der Waals surface area contributed by atoms with E-state index in [0.717, 1.165) is 6.20 Å². The average molecular weight is 541 g/mol. The van der Waals surface area contributed by atoms with Crippen LogP contribution in [0.15, 0.2) is 65.6 Å². The van der Waals surface area contributed by atoms with Crippen molar-refractivity contribution in [1.29, 1.82) is 0 Å². The van der Waals surface area contributed by atoms with E-state index in [-0.39, 0.29) is 30.1 Å². The molecule has 2 atom stereocenters. The number of likely N-dealkylation sites (N-methyl/N-ethyl adjacent to an activating group) is 1. The Morgan fingerprint density at radius 3 is 2.38 bits per heavy atom. The van der Waals surface area contributed by atoms with E-state index < -0.39 is 52.4 Å². The summed E-state index contributed by atoms with van der Waals surface area (Å²) in [4.78, 5) is 41.7. The molecule has 0 spiro atoms. The van der Waals surface area contributed by atoms with Gasteiger partial charge in [-0.2, -0.15) is 0 Å². The number of carbonyl (C=O) groups excluding carboxylic acids is 2. The first kappa shape index (κ1) is 27.5. The van der Waals surface area contributed by atoms with E-state index >= 15 is 0 Å². The topological polar surface area (TPSA) is 92.7 Å². The molecule has 0 aliphatic carbocycles. The van der Waals surface area contributed by atoms with Crippen molar-refractivity contribution >= 4 is 11.8 Å². The Kier molecular flexibility index (Phi) is 8.08.